The van der Waals surface area contributed by atoms with Crippen LogP contribution in [0.3, 0.4) is 0 Å². The molecule has 0 aliphatic rings. The molecule has 0 saturated heterocycles. The van der Waals surface area contributed by atoms with E-state index >= 15 is 0 Å². The van der Waals surface area contributed by atoms with Gasteiger partial charge in [-0.1, -0.05) is 20.3 Å². The lowest BCUT2D eigenvalue weighted by Gasteiger charge is -2.21. The Kier molecular flexibility index (Phi) is 7.42. The van der Waals surface area contributed by atoms with E-state index in [-0.39, 0.29) is 12.0 Å². The van der Waals surface area contributed by atoms with Gasteiger partial charge in [-0.3, -0.25) is 4.79 Å². The zero-order valence-corrected chi connectivity index (χ0v) is 9.59. The Bertz CT molecular complexity index is 162. The molecule has 0 aromatic heterocycles. The molecule has 0 fully saturated rings. The fourth-order valence-electron chi connectivity index (χ4n) is 1.23. The quantitative estimate of drug-likeness (QED) is 0.463. The molecule has 0 unspecified atom stereocenters. The Morgan fingerprint density at radius 2 is 2.07 bits per heavy atom. The maximum absolute atomic E-state index is 11.4. The highest BCUT2D eigenvalue weighted by Crippen LogP contribution is 2.08. The van der Waals surface area contributed by atoms with E-state index in [1.807, 2.05) is 14.0 Å². The van der Waals surface area contributed by atoms with Crippen LogP contribution in [0, 0.1) is 5.92 Å². The molecule has 4 nitrogen and oxygen atoms in total. The van der Waals surface area contributed by atoms with E-state index in [4.69, 9.17) is 4.74 Å². The Morgan fingerprint density at radius 1 is 1.43 bits per heavy atom. The minimum Gasteiger partial charge on any atom is -0.468 e. The standard InChI is InChI=1S/C10H22N2O2/c1-5-8(2)9(10(13)14-4)12-7-6-11-3/h8-9,11-12H,5-7H2,1-4H3/t8-,9-/m0/s1. The molecule has 0 aromatic carbocycles. The summed E-state index contributed by atoms with van der Waals surface area (Å²) in [6, 6.07) is -0.182. The first-order chi connectivity index (χ1) is 6.67. The SMILES string of the molecule is CC[C@H](C)[C@H](NCCNC)C(=O)OC. The molecule has 0 bridgehead atoms. The third kappa shape index (κ3) is 4.58. The van der Waals surface area contributed by atoms with Gasteiger partial charge in [0.25, 0.3) is 0 Å². The number of ether oxygens (including phenoxy) is 1. The zero-order valence-electron chi connectivity index (χ0n) is 9.59. The number of hydrogen-bond acceptors (Lipinski definition) is 4. The van der Waals surface area contributed by atoms with Crippen LogP contribution < -0.4 is 10.6 Å². The van der Waals surface area contributed by atoms with Gasteiger partial charge in [-0.2, -0.15) is 0 Å². The summed E-state index contributed by atoms with van der Waals surface area (Å²) >= 11 is 0. The van der Waals surface area contributed by atoms with Crippen molar-refractivity contribution >= 4 is 5.97 Å². The van der Waals surface area contributed by atoms with Crippen molar-refractivity contribution in [2.24, 2.45) is 5.92 Å². The van der Waals surface area contributed by atoms with Crippen LogP contribution in [0.5, 0.6) is 0 Å². The predicted octanol–water partition coefficient (Wildman–Crippen LogP) is 0.383. The fraction of sp³-hybridized carbons (Fsp3) is 0.900. The number of esters is 1. The van der Waals surface area contributed by atoms with Crippen LogP contribution in [-0.4, -0.2) is 39.3 Å². The molecule has 14 heavy (non-hydrogen) atoms. The Hall–Kier alpha value is -0.610. The second-order valence-electron chi connectivity index (χ2n) is 3.44. The maximum Gasteiger partial charge on any atom is 0.323 e. The number of nitrogens with one attached hydrogen (secondary N) is 2. The van der Waals surface area contributed by atoms with Crippen molar-refractivity contribution < 1.29 is 9.53 Å². The molecule has 0 spiro atoms. The fourth-order valence-corrected chi connectivity index (χ4v) is 1.23. The molecule has 0 saturated carbocycles. The van der Waals surface area contributed by atoms with Crippen molar-refractivity contribution in [3.63, 3.8) is 0 Å². The number of rotatable bonds is 7. The molecule has 2 atom stereocenters. The van der Waals surface area contributed by atoms with Crippen LogP contribution in [0.2, 0.25) is 0 Å². The van der Waals surface area contributed by atoms with E-state index in [0.717, 1.165) is 19.5 Å². The summed E-state index contributed by atoms with van der Waals surface area (Å²) in [5.41, 5.74) is 0. The minimum absolute atomic E-state index is 0.171. The number of carbonyl (C=O) groups excluding carboxylic acids is 1. The third-order valence-electron chi connectivity index (χ3n) is 2.41. The normalized spacial score (nSPS) is 14.9. The number of carbonyl (C=O) groups is 1. The van der Waals surface area contributed by atoms with Crippen LogP contribution in [0.15, 0.2) is 0 Å². The summed E-state index contributed by atoms with van der Waals surface area (Å²) in [6.45, 7) is 5.75. The molecule has 0 amide bonds. The first kappa shape index (κ1) is 13.4. The minimum atomic E-state index is -0.182. The summed E-state index contributed by atoms with van der Waals surface area (Å²) < 4.78 is 4.74. The molecule has 2 N–H and O–H groups in total. The molecule has 4 heteroatoms. The van der Waals surface area contributed by atoms with Crippen molar-refractivity contribution in [3.8, 4) is 0 Å². The monoisotopic (exact) mass is 202 g/mol. The van der Waals surface area contributed by atoms with Gasteiger partial charge in [0.15, 0.2) is 0 Å². The molecule has 84 valence electrons. The van der Waals surface area contributed by atoms with Crippen LogP contribution in [0.4, 0.5) is 0 Å². The largest absolute Gasteiger partial charge is 0.468 e. The lowest BCUT2D eigenvalue weighted by Crippen LogP contribution is -2.44. The average Bonchev–Trinajstić information content (AvgIpc) is 2.22. The highest BCUT2D eigenvalue weighted by molar-refractivity contribution is 5.75. The maximum atomic E-state index is 11.4. The first-order valence-electron chi connectivity index (χ1n) is 5.13. The Balaban J connectivity index is 4.04. The summed E-state index contributed by atoms with van der Waals surface area (Å²) in [5, 5.41) is 6.21. The zero-order chi connectivity index (χ0) is 11.0. The molecule has 0 heterocycles. The van der Waals surface area contributed by atoms with E-state index in [0.29, 0.717) is 5.92 Å². The molecular formula is C10H22N2O2. The molecule has 0 aromatic rings. The topological polar surface area (TPSA) is 50.4 Å². The Morgan fingerprint density at radius 3 is 2.50 bits per heavy atom. The van der Waals surface area contributed by atoms with Gasteiger partial charge in [0.1, 0.15) is 6.04 Å². The van der Waals surface area contributed by atoms with Crippen molar-refractivity contribution in [2.45, 2.75) is 26.3 Å². The van der Waals surface area contributed by atoms with E-state index in [1.54, 1.807) is 0 Å². The second-order valence-corrected chi connectivity index (χ2v) is 3.44. The van der Waals surface area contributed by atoms with Crippen molar-refractivity contribution in [3.05, 3.63) is 0 Å². The van der Waals surface area contributed by atoms with Gasteiger partial charge in [0.05, 0.1) is 7.11 Å². The molecule has 0 aliphatic heterocycles. The lowest BCUT2D eigenvalue weighted by atomic mass is 9.99. The Labute approximate surface area is 86.4 Å². The average molecular weight is 202 g/mol. The van der Waals surface area contributed by atoms with E-state index < -0.39 is 0 Å². The van der Waals surface area contributed by atoms with E-state index in [1.165, 1.54) is 7.11 Å². The van der Waals surface area contributed by atoms with Gasteiger partial charge in [0.2, 0.25) is 0 Å². The number of hydrogen-bond donors (Lipinski definition) is 2. The molecule has 0 aliphatic carbocycles. The number of likely N-dealkylation sites (N-methyl/N-ethyl adjacent to an activating group) is 1. The first-order valence-corrected chi connectivity index (χ1v) is 5.13. The molecule has 0 radical (unpaired) electrons. The van der Waals surface area contributed by atoms with Crippen LogP contribution in [-0.2, 0) is 9.53 Å². The summed E-state index contributed by atoms with van der Waals surface area (Å²) in [6.07, 6.45) is 0.965. The molecular weight excluding hydrogens is 180 g/mol. The van der Waals surface area contributed by atoms with E-state index in [9.17, 15) is 4.79 Å². The highest BCUT2D eigenvalue weighted by Gasteiger charge is 2.23. The van der Waals surface area contributed by atoms with Gasteiger partial charge in [-0.15, -0.1) is 0 Å². The summed E-state index contributed by atoms with van der Waals surface area (Å²) in [4.78, 5) is 11.4. The number of methoxy groups -OCH3 is 1. The van der Waals surface area contributed by atoms with E-state index in [2.05, 4.69) is 17.6 Å². The van der Waals surface area contributed by atoms with Gasteiger partial charge in [-0.05, 0) is 13.0 Å². The summed E-state index contributed by atoms with van der Waals surface area (Å²) in [5.74, 6) is 0.134. The lowest BCUT2D eigenvalue weighted by molar-refractivity contribution is -0.144. The van der Waals surface area contributed by atoms with Crippen molar-refractivity contribution in [1.29, 1.82) is 0 Å². The predicted molar refractivity (Wildman–Crippen MR) is 57.2 cm³/mol. The van der Waals surface area contributed by atoms with Crippen molar-refractivity contribution in [1.82, 2.24) is 10.6 Å². The van der Waals surface area contributed by atoms with Crippen LogP contribution in [0.1, 0.15) is 20.3 Å². The van der Waals surface area contributed by atoms with Crippen LogP contribution in [0.25, 0.3) is 0 Å². The smallest absolute Gasteiger partial charge is 0.323 e. The van der Waals surface area contributed by atoms with Gasteiger partial charge in [0, 0.05) is 13.1 Å². The van der Waals surface area contributed by atoms with Gasteiger partial charge in [-0.25, -0.2) is 0 Å². The van der Waals surface area contributed by atoms with Crippen LogP contribution >= 0.6 is 0 Å². The van der Waals surface area contributed by atoms with Gasteiger partial charge >= 0.3 is 5.97 Å². The molecule has 0 rings (SSSR count). The van der Waals surface area contributed by atoms with Crippen molar-refractivity contribution in [2.75, 3.05) is 27.2 Å². The second kappa shape index (κ2) is 7.76. The summed E-state index contributed by atoms with van der Waals surface area (Å²) in [7, 11) is 3.32. The van der Waals surface area contributed by atoms with Gasteiger partial charge < -0.3 is 15.4 Å². The third-order valence-corrected chi connectivity index (χ3v) is 2.41. The highest BCUT2D eigenvalue weighted by atomic mass is 16.5.